The molecule has 0 aliphatic carbocycles. The molecular weight excluding hydrogens is 144 g/mol. The number of anilines is 1. The summed E-state index contributed by atoms with van der Waals surface area (Å²) in [5.41, 5.74) is 9.71. The summed E-state index contributed by atoms with van der Waals surface area (Å²) in [7, 11) is 1.47. The first-order valence-corrected chi connectivity index (χ1v) is 3.00. The van der Waals surface area contributed by atoms with Crippen molar-refractivity contribution >= 4 is 11.5 Å². The SMILES string of the molecule is CONc1ncccc1N=N. The number of rotatable bonds is 3. The second-order valence-electron chi connectivity index (χ2n) is 1.79. The predicted octanol–water partition coefficient (Wildman–Crippen LogP) is 1.72. The van der Waals surface area contributed by atoms with E-state index in [1.54, 1.807) is 18.3 Å². The maximum Gasteiger partial charge on any atom is 0.177 e. The number of pyridine rings is 1. The zero-order valence-electron chi connectivity index (χ0n) is 6.03. The fraction of sp³-hybridized carbons (Fsp3) is 0.167. The maximum atomic E-state index is 6.75. The molecule has 0 aliphatic heterocycles. The van der Waals surface area contributed by atoms with Crippen LogP contribution in [0, 0.1) is 5.53 Å². The van der Waals surface area contributed by atoms with Crippen LogP contribution >= 0.6 is 0 Å². The fourth-order valence-corrected chi connectivity index (χ4v) is 0.662. The number of nitrogens with zero attached hydrogens (tertiary/aromatic N) is 2. The van der Waals surface area contributed by atoms with Gasteiger partial charge in [-0.3, -0.25) is 4.84 Å². The molecule has 0 radical (unpaired) electrons. The van der Waals surface area contributed by atoms with Crippen molar-refractivity contribution in [3.8, 4) is 0 Å². The van der Waals surface area contributed by atoms with Gasteiger partial charge in [-0.25, -0.2) is 16.0 Å². The van der Waals surface area contributed by atoms with Crippen LogP contribution in [0.15, 0.2) is 23.4 Å². The molecule has 0 unspecified atom stereocenters. The van der Waals surface area contributed by atoms with E-state index >= 15 is 0 Å². The Balaban J connectivity index is 2.92. The average Bonchev–Trinajstić information content (AvgIpc) is 2.06. The third-order valence-electron chi connectivity index (χ3n) is 1.11. The van der Waals surface area contributed by atoms with Crippen molar-refractivity contribution in [2.45, 2.75) is 0 Å². The van der Waals surface area contributed by atoms with Gasteiger partial charge in [-0.05, 0) is 12.1 Å². The molecule has 1 rings (SSSR count). The number of aromatic nitrogens is 1. The van der Waals surface area contributed by atoms with E-state index in [0.717, 1.165) is 0 Å². The predicted molar refractivity (Wildman–Crippen MR) is 39.7 cm³/mol. The molecule has 11 heavy (non-hydrogen) atoms. The van der Waals surface area contributed by atoms with Crippen LogP contribution in [0.4, 0.5) is 11.5 Å². The monoisotopic (exact) mass is 152 g/mol. The van der Waals surface area contributed by atoms with E-state index in [0.29, 0.717) is 11.5 Å². The lowest BCUT2D eigenvalue weighted by Gasteiger charge is -2.02. The Morgan fingerprint density at radius 1 is 1.73 bits per heavy atom. The van der Waals surface area contributed by atoms with Crippen LogP contribution in [-0.2, 0) is 4.84 Å². The van der Waals surface area contributed by atoms with Crippen LogP contribution in [0.1, 0.15) is 0 Å². The molecule has 1 aromatic heterocycles. The Kier molecular flexibility index (Phi) is 2.51. The second-order valence-corrected chi connectivity index (χ2v) is 1.79. The zero-order chi connectivity index (χ0) is 8.10. The van der Waals surface area contributed by atoms with E-state index in [9.17, 15) is 0 Å². The third kappa shape index (κ3) is 1.71. The molecule has 1 aromatic rings. The van der Waals surface area contributed by atoms with E-state index in [4.69, 9.17) is 5.53 Å². The first-order chi connectivity index (χ1) is 5.38. The van der Waals surface area contributed by atoms with Crippen molar-refractivity contribution in [3.63, 3.8) is 0 Å². The molecule has 58 valence electrons. The lowest BCUT2D eigenvalue weighted by molar-refractivity contribution is 0.269. The maximum absolute atomic E-state index is 6.75. The Morgan fingerprint density at radius 3 is 3.18 bits per heavy atom. The molecule has 0 aliphatic rings. The van der Waals surface area contributed by atoms with Gasteiger partial charge < -0.3 is 0 Å². The van der Waals surface area contributed by atoms with Crippen molar-refractivity contribution in [1.29, 1.82) is 5.53 Å². The molecule has 0 bridgehead atoms. The average molecular weight is 152 g/mol. The highest BCUT2D eigenvalue weighted by Crippen LogP contribution is 2.20. The van der Waals surface area contributed by atoms with Crippen molar-refractivity contribution in [2.24, 2.45) is 5.11 Å². The molecule has 0 amide bonds. The number of hydrogen-bond acceptors (Lipinski definition) is 5. The van der Waals surface area contributed by atoms with E-state index < -0.39 is 0 Å². The lowest BCUT2D eigenvalue weighted by atomic mass is 10.4. The third-order valence-corrected chi connectivity index (χ3v) is 1.11. The highest BCUT2D eigenvalue weighted by atomic mass is 16.6. The minimum atomic E-state index is 0.449. The molecule has 2 N–H and O–H groups in total. The summed E-state index contributed by atoms with van der Waals surface area (Å²) in [5, 5.41) is 3.23. The molecule has 0 aromatic carbocycles. The Morgan fingerprint density at radius 2 is 2.55 bits per heavy atom. The quantitative estimate of drug-likeness (QED) is 0.511. The van der Waals surface area contributed by atoms with E-state index in [1.807, 2.05) is 0 Å². The van der Waals surface area contributed by atoms with Gasteiger partial charge in [-0.2, -0.15) is 5.11 Å². The summed E-state index contributed by atoms with van der Waals surface area (Å²) in [6, 6.07) is 3.37. The van der Waals surface area contributed by atoms with Crippen LogP contribution in [-0.4, -0.2) is 12.1 Å². The number of hydrogen-bond donors (Lipinski definition) is 2. The second kappa shape index (κ2) is 3.62. The Bertz CT molecular complexity index is 250. The topological polar surface area (TPSA) is 70.4 Å². The van der Waals surface area contributed by atoms with Gasteiger partial charge in [0.15, 0.2) is 5.82 Å². The van der Waals surface area contributed by atoms with Crippen LogP contribution in [0.5, 0.6) is 0 Å². The van der Waals surface area contributed by atoms with Crippen molar-refractivity contribution < 1.29 is 4.84 Å². The van der Waals surface area contributed by atoms with Gasteiger partial charge in [0, 0.05) is 6.20 Å². The summed E-state index contributed by atoms with van der Waals surface area (Å²) < 4.78 is 0. The summed E-state index contributed by atoms with van der Waals surface area (Å²) >= 11 is 0. The minimum Gasteiger partial charge on any atom is -0.278 e. The van der Waals surface area contributed by atoms with Gasteiger partial charge in [-0.15, -0.1) is 0 Å². The molecule has 0 spiro atoms. The Labute approximate surface area is 63.9 Å². The van der Waals surface area contributed by atoms with Crippen molar-refractivity contribution in [1.82, 2.24) is 4.98 Å². The molecular formula is C6H8N4O. The van der Waals surface area contributed by atoms with E-state index in [2.05, 4.69) is 20.4 Å². The highest BCUT2D eigenvalue weighted by Gasteiger charge is 1.98. The van der Waals surface area contributed by atoms with Crippen molar-refractivity contribution in [2.75, 3.05) is 12.6 Å². The summed E-state index contributed by atoms with van der Waals surface area (Å²) in [5.74, 6) is 0.449. The summed E-state index contributed by atoms with van der Waals surface area (Å²) in [6.45, 7) is 0. The molecule has 0 saturated carbocycles. The van der Waals surface area contributed by atoms with Gasteiger partial charge >= 0.3 is 0 Å². The van der Waals surface area contributed by atoms with Gasteiger partial charge in [0.1, 0.15) is 5.69 Å². The minimum absolute atomic E-state index is 0.449. The van der Waals surface area contributed by atoms with Crippen LogP contribution < -0.4 is 5.48 Å². The molecule has 0 atom stereocenters. The molecule has 5 nitrogen and oxygen atoms in total. The largest absolute Gasteiger partial charge is 0.278 e. The first-order valence-electron chi connectivity index (χ1n) is 3.00. The first kappa shape index (κ1) is 7.62. The van der Waals surface area contributed by atoms with Crippen molar-refractivity contribution in [3.05, 3.63) is 18.3 Å². The van der Waals surface area contributed by atoms with Gasteiger partial charge in [0.25, 0.3) is 0 Å². The highest BCUT2D eigenvalue weighted by molar-refractivity contribution is 5.57. The van der Waals surface area contributed by atoms with Gasteiger partial charge in [0.2, 0.25) is 0 Å². The normalized spacial score (nSPS) is 9.18. The molecule has 5 heteroatoms. The van der Waals surface area contributed by atoms with Gasteiger partial charge in [-0.1, -0.05) is 0 Å². The van der Waals surface area contributed by atoms with Gasteiger partial charge in [0.05, 0.1) is 7.11 Å². The molecule has 0 fully saturated rings. The smallest absolute Gasteiger partial charge is 0.177 e. The van der Waals surface area contributed by atoms with Crippen LogP contribution in [0.25, 0.3) is 0 Å². The lowest BCUT2D eigenvalue weighted by Crippen LogP contribution is -1.97. The van der Waals surface area contributed by atoms with Crippen LogP contribution in [0.2, 0.25) is 0 Å². The fourth-order valence-electron chi connectivity index (χ4n) is 0.662. The zero-order valence-corrected chi connectivity index (χ0v) is 6.03. The molecule has 0 saturated heterocycles. The number of nitrogens with one attached hydrogen (secondary N) is 2. The molecule has 1 heterocycles. The summed E-state index contributed by atoms with van der Waals surface area (Å²) in [6.07, 6.45) is 1.59. The Hall–Kier alpha value is -1.49. The summed E-state index contributed by atoms with van der Waals surface area (Å²) in [4.78, 5) is 8.50. The standard InChI is InChI=1S/C6H8N4O/c1-11-10-6-5(9-7)3-2-4-8-6/h2-4,7H,1H3,(H,8,10). The van der Waals surface area contributed by atoms with E-state index in [1.165, 1.54) is 7.11 Å². The van der Waals surface area contributed by atoms with E-state index in [-0.39, 0.29) is 0 Å². The van der Waals surface area contributed by atoms with Crippen LogP contribution in [0.3, 0.4) is 0 Å².